The van der Waals surface area contributed by atoms with Crippen molar-refractivity contribution < 1.29 is 14.5 Å². The summed E-state index contributed by atoms with van der Waals surface area (Å²) in [6, 6.07) is -0.144. The molecule has 2 rings (SSSR count). The number of ether oxygens (including phenoxy) is 1. The smallest absolute Gasteiger partial charge is 0.350 e. The Balaban J connectivity index is 2.11. The van der Waals surface area contributed by atoms with Gasteiger partial charge < -0.3 is 20.3 Å². The molecule has 1 aliphatic carbocycles. The van der Waals surface area contributed by atoms with Gasteiger partial charge in [-0.05, 0) is 6.42 Å². The minimum atomic E-state index is -2.06. The maximum Gasteiger partial charge on any atom is 0.350 e. The van der Waals surface area contributed by atoms with Gasteiger partial charge in [-0.15, -0.1) is 0 Å². The van der Waals surface area contributed by atoms with Crippen LogP contribution >= 0.6 is 8.38 Å². The Labute approximate surface area is 117 Å². The second-order valence-corrected chi connectivity index (χ2v) is 5.59. The van der Waals surface area contributed by atoms with Gasteiger partial charge in [-0.3, -0.25) is 4.57 Å². The highest BCUT2D eigenvalue weighted by Gasteiger charge is 2.23. The molecule has 110 valence electrons. The Morgan fingerprint density at radius 3 is 2.95 bits per heavy atom. The molecule has 1 aromatic heterocycles. The monoisotopic (exact) mass is 299 g/mol. The van der Waals surface area contributed by atoms with Crippen LogP contribution in [-0.2, 0) is 11.2 Å². The van der Waals surface area contributed by atoms with Crippen LogP contribution in [0.25, 0.3) is 0 Å². The molecule has 1 aromatic rings. The second-order valence-electron chi connectivity index (χ2n) is 4.59. The molecule has 0 aliphatic heterocycles. The summed E-state index contributed by atoms with van der Waals surface area (Å²) in [5.74, 6) is 0.273. The highest BCUT2D eigenvalue weighted by molar-refractivity contribution is 7.44. The summed E-state index contributed by atoms with van der Waals surface area (Å²) in [5.41, 5.74) is 6.13. The molecule has 0 saturated carbocycles. The average molecular weight is 299 g/mol. The van der Waals surface area contributed by atoms with Crippen LogP contribution in [0.15, 0.2) is 23.1 Å². The first-order valence-electron chi connectivity index (χ1n) is 6.34. The molecule has 1 aliphatic rings. The molecule has 1 heterocycles. The van der Waals surface area contributed by atoms with Gasteiger partial charge in [0.25, 0.3) is 0 Å². The number of allylic oxidation sites excluding steroid dienone is 1. The SMILES string of the molecule is CCc1cn(C2C=CC(OCP(O)O)C2)c(=O)nc1N. The summed E-state index contributed by atoms with van der Waals surface area (Å²) >= 11 is 0. The van der Waals surface area contributed by atoms with E-state index < -0.39 is 8.38 Å². The average Bonchev–Trinajstić information content (AvgIpc) is 2.85. The van der Waals surface area contributed by atoms with Crippen LogP contribution in [0.3, 0.4) is 0 Å². The predicted octanol–water partition coefficient (Wildman–Crippen LogP) is 0.528. The van der Waals surface area contributed by atoms with E-state index in [0.29, 0.717) is 12.8 Å². The third-order valence-corrected chi connectivity index (χ3v) is 3.60. The fraction of sp³-hybridized carbons (Fsp3) is 0.500. The lowest BCUT2D eigenvalue weighted by Gasteiger charge is -2.16. The lowest BCUT2D eigenvalue weighted by Crippen LogP contribution is -2.28. The minimum Gasteiger partial charge on any atom is -0.383 e. The third-order valence-electron chi connectivity index (χ3n) is 3.22. The summed E-state index contributed by atoms with van der Waals surface area (Å²) in [7, 11) is -2.06. The van der Waals surface area contributed by atoms with Gasteiger partial charge in [0.05, 0.1) is 12.1 Å². The number of nitrogens with zero attached hydrogens (tertiary/aromatic N) is 2. The maximum atomic E-state index is 11.9. The molecule has 0 bridgehead atoms. The van der Waals surface area contributed by atoms with Crippen molar-refractivity contribution in [1.29, 1.82) is 0 Å². The lowest BCUT2D eigenvalue weighted by molar-refractivity contribution is 0.109. The molecule has 7 nitrogen and oxygen atoms in total. The third kappa shape index (κ3) is 3.43. The fourth-order valence-electron chi connectivity index (χ4n) is 2.17. The van der Waals surface area contributed by atoms with Crippen LogP contribution in [0.4, 0.5) is 5.82 Å². The number of rotatable bonds is 5. The summed E-state index contributed by atoms with van der Waals surface area (Å²) < 4.78 is 6.86. The largest absolute Gasteiger partial charge is 0.383 e. The zero-order valence-electron chi connectivity index (χ0n) is 11.1. The Bertz CT molecular complexity index is 558. The van der Waals surface area contributed by atoms with Crippen molar-refractivity contribution >= 4 is 14.2 Å². The molecule has 2 unspecified atom stereocenters. The van der Waals surface area contributed by atoms with Gasteiger partial charge in [-0.1, -0.05) is 19.1 Å². The fourth-order valence-corrected chi connectivity index (χ4v) is 2.50. The topological polar surface area (TPSA) is 111 Å². The van der Waals surface area contributed by atoms with E-state index in [2.05, 4.69) is 4.98 Å². The Hall–Kier alpha value is -1.27. The molecule has 2 atom stereocenters. The Kier molecular flexibility index (Phi) is 4.88. The second kappa shape index (κ2) is 6.45. The highest BCUT2D eigenvalue weighted by Crippen LogP contribution is 2.29. The van der Waals surface area contributed by atoms with E-state index in [-0.39, 0.29) is 30.0 Å². The molecular formula is C12H18N3O4P. The van der Waals surface area contributed by atoms with Gasteiger partial charge >= 0.3 is 5.69 Å². The number of aryl methyl sites for hydroxylation is 1. The molecule has 8 heteroatoms. The van der Waals surface area contributed by atoms with Gasteiger partial charge in [0.2, 0.25) is 0 Å². The first-order chi connectivity index (χ1) is 9.51. The lowest BCUT2D eigenvalue weighted by atomic mass is 10.2. The standard InChI is InChI=1S/C12H18N3O4P/c1-2-8-6-15(12(16)14-11(8)13)9-3-4-10(5-9)19-7-20(17)18/h3-4,6,9-10,17-18H,2,5,7H2,1H3,(H2,13,14,16). The van der Waals surface area contributed by atoms with Gasteiger partial charge in [0.1, 0.15) is 12.2 Å². The van der Waals surface area contributed by atoms with E-state index in [4.69, 9.17) is 20.3 Å². The molecule has 0 aromatic carbocycles. The first-order valence-corrected chi connectivity index (χ1v) is 7.77. The van der Waals surface area contributed by atoms with E-state index in [0.717, 1.165) is 5.56 Å². The van der Waals surface area contributed by atoms with Crippen molar-refractivity contribution in [3.8, 4) is 0 Å². The number of anilines is 1. The van der Waals surface area contributed by atoms with Crippen LogP contribution in [0.2, 0.25) is 0 Å². The van der Waals surface area contributed by atoms with E-state index in [1.807, 2.05) is 19.1 Å². The van der Waals surface area contributed by atoms with Crippen molar-refractivity contribution in [3.63, 3.8) is 0 Å². The number of hydrogen-bond donors (Lipinski definition) is 3. The first kappa shape index (κ1) is 15.1. The van der Waals surface area contributed by atoms with E-state index in [9.17, 15) is 4.79 Å². The zero-order valence-corrected chi connectivity index (χ0v) is 12.0. The van der Waals surface area contributed by atoms with Crippen molar-refractivity contribution in [3.05, 3.63) is 34.4 Å². The minimum absolute atomic E-state index is 0.0911. The molecule has 0 saturated heterocycles. The van der Waals surface area contributed by atoms with Crippen LogP contribution in [0.5, 0.6) is 0 Å². The summed E-state index contributed by atoms with van der Waals surface area (Å²) in [6.07, 6.45) is 6.36. The number of hydrogen-bond acceptors (Lipinski definition) is 6. The number of nitrogens with two attached hydrogens (primary N) is 1. The van der Waals surface area contributed by atoms with Crippen LogP contribution < -0.4 is 11.4 Å². The van der Waals surface area contributed by atoms with Crippen molar-refractivity contribution in [1.82, 2.24) is 9.55 Å². The number of nitrogen functional groups attached to an aromatic ring is 1. The van der Waals surface area contributed by atoms with E-state index >= 15 is 0 Å². The number of aromatic nitrogens is 2. The van der Waals surface area contributed by atoms with Crippen LogP contribution in [-0.4, -0.2) is 31.8 Å². The molecular weight excluding hydrogens is 281 g/mol. The summed E-state index contributed by atoms with van der Waals surface area (Å²) in [4.78, 5) is 33.4. The Morgan fingerprint density at radius 2 is 2.30 bits per heavy atom. The normalized spacial score (nSPS) is 21.8. The highest BCUT2D eigenvalue weighted by atomic mass is 31.2. The molecule has 0 radical (unpaired) electrons. The van der Waals surface area contributed by atoms with Crippen LogP contribution in [0.1, 0.15) is 24.9 Å². The predicted molar refractivity (Wildman–Crippen MR) is 76.2 cm³/mol. The quantitative estimate of drug-likeness (QED) is 0.540. The van der Waals surface area contributed by atoms with Gasteiger partial charge in [-0.25, -0.2) is 4.79 Å². The van der Waals surface area contributed by atoms with Gasteiger partial charge in [-0.2, -0.15) is 4.98 Å². The summed E-state index contributed by atoms with van der Waals surface area (Å²) in [6.45, 7) is 1.95. The Morgan fingerprint density at radius 1 is 1.55 bits per heavy atom. The van der Waals surface area contributed by atoms with Gasteiger partial charge in [0, 0.05) is 18.2 Å². The molecule has 20 heavy (non-hydrogen) atoms. The van der Waals surface area contributed by atoms with E-state index in [1.165, 1.54) is 4.57 Å². The van der Waals surface area contributed by atoms with Crippen LogP contribution in [0, 0.1) is 0 Å². The zero-order chi connectivity index (χ0) is 14.7. The molecule has 0 fully saturated rings. The van der Waals surface area contributed by atoms with Crippen molar-refractivity contribution in [2.45, 2.75) is 31.9 Å². The molecule has 4 N–H and O–H groups in total. The van der Waals surface area contributed by atoms with Crippen molar-refractivity contribution in [2.75, 3.05) is 12.1 Å². The molecule has 0 spiro atoms. The maximum absolute atomic E-state index is 11.9. The van der Waals surface area contributed by atoms with Crippen molar-refractivity contribution in [2.24, 2.45) is 0 Å². The summed E-state index contributed by atoms with van der Waals surface area (Å²) in [5, 5.41) is 0. The van der Waals surface area contributed by atoms with Gasteiger partial charge in [0.15, 0.2) is 8.38 Å². The van der Waals surface area contributed by atoms with E-state index in [1.54, 1.807) is 6.20 Å². The molecule has 0 amide bonds.